The van der Waals surface area contributed by atoms with Crippen LogP contribution in [0.1, 0.15) is 46.1 Å². The number of rotatable bonds is 10. The van der Waals surface area contributed by atoms with Crippen LogP contribution < -0.4 is 0 Å². The number of aliphatic imine (C=N–C) groups is 1. The topological polar surface area (TPSA) is 117 Å². The van der Waals surface area contributed by atoms with Gasteiger partial charge >= 0.3 is 11.9 Å². The molecule has 0 spiro atoms. The van der Waals surface area contributed by atoms with E-state index in [4.69, 9.17) is 14.2 Å². The molecule has 0 fully saturated rings. The third-order valence-corrected chi connectivity index (χ3v) is 6.52. The first-order valence-electron chi connectivity index (χ1n) is 10.6. The summed E-state index contributed by atoms with van der Waals surface area (Å²) < 4.78 is 16.1. The van der Waals surface area contributed by atoms with Crippen LogP contribution in [0.3, 0.4) is 0 Å². The predicted octanol–water partition coefficient (Wildman–Crippen LogP) is 4.27. The molecular weight excluding hydrogens is 448 g/mol. The van der Waals surface area contributed by atoms with Crippen molar-refractivity contribution in [1.29, 1.82) is 0 Å². The average molecular weight is 479 g/mol. The van der Waals surface area contributed by atoms with Gasteiger partial charge in [-0.2, -0.15) is 0 Å². The van der Waals surface area contributed by atoms with E-state index < -0.39 is 33.6 Å². The van der Waals surface area contributed by atoms with Crippen molar-refractivity contribution in [2.75, 3.05) is 26.1 Å². The van der Waals surface area contributed by atoms with Gasteiger partial charge in [0, 0.05) is 36.6 Å². The van der Waals surface area contributed by atoms with E-state index >= 15 is 0 Å². The van der Waals surface area contributed by atoms with E-state index in [0.717, 1.165) is 0 Å². The lowest BCUT2D eigenvalue weighted by molar-refractivity contribution is -0.384. The van der Waals surface area contributed by atoms with Gasteiger partial charge in [0.05, 0.1) is 29.4 Å². The molecule has 0 saturated heterocycles. The lowest BCUT2D eigenvalue weighted by atomic mass is 9.75. The molecule has 0 radical (unpaired) electrons. The molecule has 1 aromatic carbocycles. The van der Waals surface area contributed by atoms with Gasteiger partial charge < -0.3 is 14.2 Å². The van der Waals surface area contributed by atoms with Crippen LogP contribution in [-0.4, -0.2) is 53.6 Å². The van der Waals surface area contributed by atoms with Gasteiger partial charge in [0.2, 0.25) is 0 Å². The quantitative estimate of drug-likeness (QED) is 0.212. The molecule has 1 heterocycles. The van der Waals surface area contributed by atoms with Crippen LogP contribution >= 0.6 is 11.8 Å². The summed E-state index contributed by atoms with van der Waals surface area (Å²) in [4.78, 5) is 41.1. The minimum atomic E-state index is -0.921. The highest BCUT2D eigenvalue weighted by Crippen LogP contribution is 2.42. The molecule has 180 valence electrons. The average Bonchev–Trinajstić information content (AvgIpc) is 2.77. The Bertz CT molecular complexity index is 971. The maximum Gasteiger partial charge on any atom is 0.336 e. The number of thioether (sulfide) groups is 1. The second-order valence-corrected chi connectivity index (χ2v) is 9.35. The fourth-order valence-corrected chi connectivity index (χ4v) is 4.35. The molecule has 1 aromatic rings. The molecule has 2 atom stereocenters. The molecule has 0 N–H and O–H groups in total. The molecule has 1 aliphatic rings. The third-order valence-electron chi connectivity index (χ3n) is 5.24. The highest BCUT2D eigenvalue weighted by atomic mass is 32.2. The number of non-ortho nitro benzene ring substituents is 1. The van der Waals surface area contributed by atoms with E-state index in [-0.39, 0.29) is 24.5 Å². The summed E-state index contributed by atoms with van der Waals surface area (Å²) in [6, 6.07) is 5.92. The van der Waals surface area contributed by atoms with Crippen LogP contribution in [0.5, 0.6) is 0 Å². The minimum absolute atomic E-state index is 0.126. The van der Waals surface area contributed by atoms with E-state index in [1.165, 1.54) is 30.0 Å². The number of esters is 2. The molecule has 2 rings (SSSR count). The van der Waals surface area contributed by atoms with Crippen LogP contribution in [-0.2, 0) is 23.8 Å². The number of nitrogens with zero attached hydrogens (tertiary/aromatic N) is 2. The standard InChI is InChI=1S/C23H30N2O7S/c1-7-31-21(26)18-14(3)24-17(13-33-23(4,5)30-6)20(22(27)32-8-2)19(18)15-10-9-11-16(12-15)25(28)29/h9-12,18-19H,7-8,13H2,1-6H3. The zero-order valence-electron chi connectivity index (χ0n) is 19.7. The summed E-state index contributed by atoms with van der Waals surface area (Å²) in [7, 11) is 1.59. The maximum atomic E-state index is 13.2. The molecule has 2 unspecified atom stereocenters. The number of ether oxygens (including phenoxy) is 3. The summed E-state index contributed by atoms with van der Waals surface area (Å²) in [6.07, 6.45) is 0. The maximum absolute atomic E-state index is 13.2. The van der Waals surface area contributed by atoms with E-state index in [1.54, 1.807) is 33.9 Å². The largest absolute Gasteiger partial charge is 0.465 e. The first kappa shape index (κ1) is 26.5. The highest BCUT2D eigenvalue weighted by molar-refractivity contribution is 8.00. The van der Waals surface area contributed by atoms with Crippen LogP contribution in [0.2, 0.25) is 0 Å². The third kappa shape index (κ3) is 6.42. The molecule has 1 aliphatic heterocycles. The van der Waals surface area contributed by atoms with E-state index in [1.807, 2.05) is 13.8 Å². The summed E-state index contributed by atoms with van der Waals surface area (Å²) in [5, 5.41) is 11.4. The Kier molecular flexibility index (Phi) is 9.18. The Balaban J connectivity index is 2.73. The van der Waals surface area contributed by atoms with Crippen molar-refractivity contribution in [2.45, 2.75) is 45.5 Å². The molecule has 0 saturated carbocycles. The number of benzene rings is 1. The SMILES string of the molecule is CCOC(=O)C1=C(CSC(C)(C)OC)N=C(C)C(C(=O)OCC)C1c1cccc([N+](=O)[O-])c1. The first-order valence-corrected chi connectivity index (χ1v) is 11.6. The monoisotopic (exact) mass is 478 g/mol. The molecule has 9 nitrogen and oxygen atoms in total. The van der Waals surface area contributed by atoms with Crippen molar-refractivity contribution in [3.05, 3.63) is 51.2 Å². The molecule has 0 aliphatic carbocycles. The number of carbonyl (C=O) groups excluding carboxylic acids is 2. The molecule has 0 aromatic heterocycles. The van der Waals surface area contributed by atoms with Gasteiger partial charge in [-0.1, -0.05) is 12.1 Å². The smallest absolute Gasteiger partial charge is 0.336 e. The molecular formula is C23H30N2O7S. The molecule has 0 amide bonds. The number of nitro benzene ring substituents is 1. The van der Waals surface area contributed by atoms with Gasteiger partial charge in [0.1, 0.15) is 10.9 Å². The number of methoxy groups -OCH3 is 1. The molecule has 0 bridgehead atoms. The first-order chi connectivity index (χ1) is 15.6. The molecule has 10 heteroatoms. The Morgan fingerprint density at radius 3 is 2.45 bits per heavy atom. The summed E-state index contributed by atoms with van der Waals surface area (Å²) >= 11 is 1.43. The van der Waals surface area contributed by atoms with Crippen LogP contribution in [0.4, 0.5) is 5.69 Å². The van der Waals surface area contributed by atoms with Gasteiger partial charge in [-0.15, -0.1) is 11.8 Å². The van der Waals surface area contributed by atoms with E-state index in [9.17, 15) is 19.7 Å². The minimum Gasteiger partial charge on any atom is -0.465 e. The lowest BCUT2D eigenvalue weighted by Crippen LogP contribution is -2.37. The Labute approximate surface area is 197 Å². The van der Waals surface area contributed by atoms with Crippen LogP contribution in [0, 0.1) is 16.0 Å². The van der Waals surface area contributed by atoms with Crippen molar-refractivity contribution >= 4 is 35.1 Å². The summed E-state index contributed by atoms with van der Waals surface area (Å²) in [5.41, 5.74) is 1.39. The van der Waals surface area contributed by atoms with E-state index in [0.29, 0.717) is 22.7 Å². The van der Waals surface area contributed by atoms with Crippen molar-refractivity contribution in [3.8, 4) is 0 Å². The zero-order valence-corrected chi connectivity index (χ0v) is 20.6. The fourth-order valence-electron chi connectivity index (χ4n) is 3.52. The zero-order chi connectivity index (χ0) is 24.8. The van der Waals surface area contributed by atoms with Gasteiger partial charge in [0.25, 0.3) is 5.69 Å². The van der Waals surface area contributed by atoms with Crippen LogP contribution in [0.15, 0.2) is 40.5 Å². The van der Waals surface area contributed by atoms with Gasteiger partial charge in [-0.3, -0.25) is 19.9 Å². The fraction of sp³-hybridized carbons (Fsp3) is 0.522. The van der Waals surface area contributed by atoms with Gasteiger partial charge in [-0.25, -0.2) is 4.79 Å². The van der Waals surface area contributed by atoms with Crippen molar-refractivity contribution in [2.24, 2.45) is 10.9 Å². The van der Waals surface area contributed by atoms with Crippen molar-refractivity contribution in [1.82, 2.24) is 0 Å². The second kappa shape index (κ2) is 11.4. The number of nitro groups is 1. The van der Waals surface area contributed by atoms with Crippen molar-refractivity contribution < 1.29 is 28.7 Å². The Hall–Kier alpha value is -2.72. The lowest BCUT2D eigenvalue weighted by Gasteiger charge is -2.33. The summed E-state index contributed by atoms with van der Waals surface area (Å²) in [6.45, 7) is 9.12. The van der Waals surface area contributed by atoms with Gasteiger partial charge in [-0.05, 0) is 40.2 Å². The van der Waals surface area contributed by atoms with Crippen molar-refractivity contribution in [3.63, 3.8) is 0 Å². The predicted molar refractivity (Wildman–Crippen MR) is 126 cm³/mol. The van der Waals surface area contributed by atoms with Crippen LogP contribution in [0.25, 0.3) is 0 Å². The number of carbonyl (C=O) groups is 2. The van der Waals surface area contributed by atoms with Gasteiger partial charge in [0.15, 0.2) is 0 Å². The molecule has 33 heavy (non-hydrogen) atoms. The Morgan fingerprint density at radius 2 is 1.88 bits per heavy atom. The second-order valence-electron chi connectivity index (χ2n) is 7.79. The number of hydrogen-bond donors (Lipinski definition) is 0. The normalized spacial score (nSPS) is 18.5. The van der Waals surface area contributed by atoms with E-state index in [2.05, 4.69) is 4.99 Å². The Morgan fingerprint density at radius 1 is 1.21 bits per heavy atom. The summed E-state index contributed by atoms with van der Waals surface area (Å²) in [5.74, 6) is -2.63. The number of hydrogen-bond acceptors (Lipinski definition) is 9. The highest BCUT2D eigenvalue weighted by Gasteiger charge is 2.43.